The van der Waals surface area contributed by atoms with Crippen LogP contribution in [0.4, 0.5) is 0 Å². The van der Waals surface area contributed by atoms with Crippen molar-refractivity contribution in [2.24, 2.45) is 5.92 Å². The van der Waals surface area contributed by atoms with E-state index < -0.39 is 0 Å². The van der Waals surface area contributed by atoms with Crippen LogP contribution in [0.15, 0.2) is 0 Å². The normalized spacial score (nSPS) is 21.2. The summed E-state index contributed by atoms with van der Waals surface area (Å²) >= 11 is 0. The number of unbranched alkanes of at least 4 members (excludes halogenated alkanes) is 2. The van der Waals surface area contributed by atoms with Crippen molar-refractivity contribution in [1.82, 2.24) is 10.2 Å². The Labute approximate surface area is 120 Å². The van der Waals surface area contributed by atoms with Crippen LogP contribution in [0.2, 0.25) is 0 Å². The number of ether oxygens (including phenoxy) is 1. The number of hydrogen-bond acceptors (Lipinski definition) is 3. The third kappa shape index (κ3) is 8.61. The van der Waals surface area contributed by atoms with Gasteiger partial charge in [0.25, 0.3) is 0 Å². The van der Waals surface area contributed by atoms with Crippen LogP contribution in [0, 0.1) is 5.92 Å². The van der Waals surface area contributed by atoms with Crippen LogP contribution >= 0.6 is 0 Å². The molecule has 3 nitrogen and oxygen atoms in total. The zero-order valence-corrected chi connectivity index (χ0v) is 13.3. The SMILES string of the molecule is CC(C)CNCCCCCOCC1CCCCN1C. The minimum atomic E-state index is 0.668. The maximum Gasteiger partial charge on any atom is 0.0621 e. The molecule has 0 aliphatic carbocycles. The van der Waals surface area contributed by atoms with Gasteiger partial charge < -0.3 is 15.0 Å². The predicted octanol–water partition coefficient (Wildman–Crippen LogP) is 2.90. The number of nitrogens with zero attached hydrogens (tertiary/aromatic N) is 1. The van der Waals surface area contributed by atoms with Gasteiger partial charge in [-0.3, -0.25) is 0 Å². The highest BCUT2D eigenvalue weighted by molar-refractivity contribution is 4.73. The molecule has 0 aromatic heterocycles. The van der Waals surface area contributed by atoms with Crippen LogP contribution in [-0.4, -0.2) is 50.8 Å². The quantitative estimate of drug-likeness (QED) is 0.618. The van der Waals surface area contributed by atoms with Gasteiger partial charge in [-0.2, -0.15) is 0 Å². The van der Waals surface area contributed by atoms with Crippen molar-refractivity contribution >= 4 is 0 Å². The molecule has 0 aromatic rings. The van der Waals surface area contributed by atoms with Crippen molar-refractivity contribution in [2.75, 3.05) is 39.9 Å². The summed E-state index contributed by atoms with van der Waals surface area (Å²) in [5.41, 5.74) is 0. The number of nitrogens with one attached hydrogen (secondary N) is 1. The highest BCUT2D eigenvalue weighted by atomic mass is 16.5. The van der Waals surface area contributed by atoms with Gasteiger partial charge >= 0.3 is 0 Å². The molecule has 1 saturated heterocycles. The topological polar surface area (TPSA) is 24.5 Å². The van der Waals surface area contributed by atoms with E-state index in [1.54, 1.807) is 0 Å². The van der Waals surface area contributed by atoms with Crippen LogP contribution in [0.25, 0.3) is 0 Å². The van der Waals surface area contributed by atoms with Gasteiger partial charge in [0.15, 0.2) is 0 Å². The lowest BCUT2D eigenvalue weighted by Crippen LogP contribution is -2.39. The van der Waals surface area contributed by atoms with Crippen LogP contribution in [0.3, 0.4) is 0 Å². The first-order valence-electron chi connectivity index (χ1n) is 8.19. The first-order chi connectivity index (χ1) is 9.20. The lowest BCUT2D eigenvalue weighted by molar-refractivity contribution is 0.0512. The van der Waals surface area contributed by atoms with Gasteiger partial charge in [0.1, 0.15) is 0 Å². The summed E-state index contributed by atoms with van der Waals surface area (Å²) in [6.45, 7) is 9.92. The summed E-state index contributed by atoms with van der Waals surface area (Å²) in [6.07, 6.45) is 7.82. The molecule has 1 atom stereocenters. The van der Waals surface area contributed by atoms with E-state index in [1.165, 1.54) is 45.1 Å². The van der Waals surface area contributed by atoms with Crippen molar-refractivity contribution in [3.63, 3.8) is 0 Å². The van der Waals surface area contributed by atoms with Crippen molar-refractivity contribution < 1.29 is 4.74 Å². The fourth-order valence-corrected chi connectivity index (χ4v) is 2.60. The van der Waals surface area contributed by atoms with Gasteiger partial charge in [-0.15, -0.1) is 0 Å². The molecule has 0 bridgehead atoms. The Morgan fingerprint density at radius 2 is 2.05 bits per heavy atom. The van der Waals surface area contributed by atoms with Crippen molar-refractivity contribution in [2.45, 2.75) is 58.4 Å². The molecule has 1 aliphatic heterocycles. The Balaban J connectivity index is 1.83. The zero-order chi connectivity index (χ0) is 13.9. The molecule has 0 aromatic carbocycles. The summed E-state index contributed by atoms with van der Waals surface area (Å²) in [6, 6.07) is 0.668. The van der Waals surface area contributed by atoms with E-state index in [2.05, 4.69) is 31.1 Å². The summed E-state index contributed by atoms with van der Waals surface area (Å²) < 4.78 is 5.83. The molecule has 1 N–H and O–H groups in total. The van der Waals surface area contributed by atoms with Crippen LogP contribution in [-0.2, 0) is 4.74 Å². The molecule has 0 radical (unpaired) electrons. The molecule has 1 unspecified atom stereocenters. The van der Waals surface area contributed by atoms with E-state index in [0.717, 1.165) is 32.2 Å². The second-order valence-electron chi connectivity index (χ2n) is 6.36. The minimum Gasteiger partial charge on any atom is -0.380 e. The van der Waals surface area contributed by atoms with E-state index >= 15 is 0 Å². The van der Waals surface area contributed by atoms with E-state index in [9.17, 15) is 0 Å². The first-order valence-corrected chi connectivity index (χ1v) is 8.19. The maximum absolute atomic E-state index is 5.83. The highest BCUT2D eigenvalue weighted by Gasteiger charge is 2.18. The van der Waals surface area contributed by atoms with Gasteiger partial charge in [0.2, 0.25) is 0 Å². The molecule has 3 heteroatoms. The molecule has 114 valence electrons. The molecule has 19 heavy (non-hydrogen) atoms. The predicted molar refractivity (Wildman–Crippen MR) is 82.6 cm³/mol. The van der Waals surface area contributed by atoms with Crippen LogP contribution in [0.5, 0.6) is 0 Å². The first kappa shape index (κ1) is 16.9. The van der Waals surface area contributed by atoms with Gasteiger partial charge in [-0.05, 0) is 64.7 Å². The molecule has 1 rings (SSSR count). The Morgan fingerprint density at radius 3 is 2.79 bits per heavy atom. The van der Waals surface area contributed by atoms with Gasteiger partial charge in [0.05, 0.1) is 6.61 Å². The Kier molecular flexibility index (Phi) is 9.48. The lowest BCUT2D eigenvalue weighted by Gasteiger charge is -2.32. The minimum absolute atomic E-state index is 0.668. The summed E-state index contributed by atoms with van der Waals surface area (Å²) in [7, 11) is 2.23. The van der Waals surface area contributed by atoms with Gasteiger partial charge in [-0.1, -0.05) is 20.3 Å². The second kappa shape index (κ2) is 10.6. The van der Waals surface area contributed by atoms with Gasteiger partial charge in [-0.25, -0.2) is 0 Å². The summed E-state index contributed by atoms with van der Waals surface area (Å²) in [4.78, 5) is 2.46. The fourth-order valence-electron chi connectivity index (χ4n) is 2.60. The highest BCUT2D eigenvalue weighted by Crippen LogP contribution is 2.15. The summed E-state index contributed by atoms with van der Waals surface area (Å²) in [5.74, 6) is 0.760. The molecule has 0 spiro atoms. The Hall–Kier alpha value is -0.120. The third-order valence-corrected chi connectivity index (χ3v) is 3.93. The number of piperidine rings is 1. The Bertz CT molecular complexity index is 209. The summed E-state index contributed by atoms with van der Waals surface area (Å²) in [5, 5.41) is 3.49. The van der Waals surface area contributed by atoms with E-state index in [4.69, 9.17) is 4.74 Å². The van der Waals surface area contributed by atoms with E-state index in [0.29, 0.717) is 6.04 Å². The molecular formula is C16H34N2O. The number of likely N-dealkylation sites (tertiary alicyclic amines) is 1. The molecule has 1 heterocycles. The molecule has 0 amide bonds. The average Bonchev–Trinajstić information content (AvgIpc) is 2.38. The molecular weight excluding hydrogens is 236 g/mol. The smallest absolute Gasteiger partial charge is 0.0621 e. The third-order valence-electron chi connectivity index (χ3n) is 3.93. The number of hydrogen-bond donors (Lipinski definition) is 1. The fraction of sp³-hybridized carbons (Fsp3) is 1.00. The Morgan fingerprint density at radius 1 is 1.21 bits per heavy atom. The molecule has 1 aliphatic rings. The molecule has 0 saturated carbocycles. The van der Waals surface area contributed by atoms with E-state index in [1.807, 2.05) is 0 Å². The zero-order valence-electron chi connectivity index (χ0n) is 13.3. The standard InChI is InChI=1S/C16H34N2O/c1-15(2)13-17-10-6-4-8-12-19-14-16-9-5-7-11-18(16)3/h15-17H,4-14H2,1-3H3. The monoisotopic (exact) mass is 270 g/mol. The van der Waals surface area contributed by atoms with Crippen LogP contribution < -0.4 is 5.32 Å². The second-order valence-corrected chi connectivity index (χ2v) is 6.36. The largest absolute Gasteiger partial charge is 0.380 e. The van der Waals surface area contributed by atoms with Crippen LogP contribution in [0.1, 0.15) is 52.4 Å². The van der Waals surface area contributed by atoms with E-state index in [-0.39, 0.29) is 0 Å². The lowest BCUT2D eigenvalue weighted by atomic mass is 10.0. The van der Waals surface area contributed by atoms with Crippen molar-refractivity contribution in [3.8, 4) is 0 Å². The van der Waals surface area contributed by atoms with Crippen molar-refractivity contribution in [3.05, 3.63) is 0 Å². The average molecular weight is 270 g/mol. The maximum atomic E-state index is 5.83. The van der Waals surface area contributed by atoms with Gasteiger partial charge in [0, 0.05) is 12.6 Å². The number of rotatable bonds is 10. The number of likely N-dealkylation sites (N-methyl/N-ethyl adjacent to an activating group) is 1. The van der Waals surface area contributed by atoms with Crippen molar-refractivity contribution in [1.29, 1.82) is 0 Å². The molecule has 1 fully saturated rings.